The lowest BCUT2D eigenvalue weighted by atomic mass is 9.97. The lowest BCUT2D eigenvalue weighted by molar-refractivity contribution is -0.319. The van der Waals surface area contributed by atoms with Crippen LogP contribution >= 0.6 is 0 Å². The molecule has 14 heteroatoms. The summed E-state index contributed by atoms with van der Waals surface area (Å²) in [7, 11) is 0. The minimum Gasteiger partial charge on any atom is -0.463 e. The number of imide groups is 1. The number of amides is 2. The highest BCUT2D eigenvalue weighted by atomic mass is 16.8. The summed E-state index contributed by atoms with van der Waals surface area (Å²) in [6.45, 7) is 2.83. The summed E-state index contributed by atoms with van der Waals surface area (Å²) in [5, 5.41) is 3.95. The molecule has 0 aromatic carbocycles. The number of ether oxygens (including phenoxy) is 4. The molecule has 0 aromatic heterocycles. The van der Waals surface area contributed by atoms with Crippen LogP contribution in [0.1, 0.15) is 33.6 Å². The lowest BCUT2D eigenvalue weighted by Gasteiger charge is -2.43. The normalized spacial score (nSPS) is 28.5. The second-order valence-electron chi connectivity index (χ2n) is 6.38. The summed E-state index contributed by atoms with van der Waals surface area (Å²) in [6, 6.07) is -1.45. The predicted molar refractivity (Wildman–Crippen MR) is 91.5 cm³/mol. The van der Waals surface area contributed by atoms with E-state index in [1.165, 1.54) is 0 Å². The van der Waals surface area contributed by atoms with Crippen molar-refractivity contribution in [2.75, 3.05) is 6.61 Å². The fraction of sp³-hybridized carbons (Fsp3) is 0.688. The maximum Gasteiger partial charge on any atom is 0.303 e. The molecule has 0 aromatic rings. The molecule has 2 aliphatic heterocycles. The van der Waals surface area contributed by atoms with Gasteiger partial charge in [-0.15, -0.1) is 0 Å². The molecule has 0 N–H and O–H groups in total. The molecule has 5 atom stereocenters. The molecule has 0 spiro atoms. The molecule has 2 rings (SSSR count). The summed E-state index contributed by atoms with van der Waals surface area (Å²) in [4.78, 5) is 66.2. The van der Waals surface area contributed by atoms with E-state index in [9.17, 15) is 24.0 Å². The molecule has 164 valence electrons. The number of hydrogen-bond acceptors (Lipinski definition) is 11. The molecule has 0 bridgehead atoms. The number of carbonyl (C=O) groups is 5. The summed E-state index contributed by atoms with van der Waals surface area (Å²) in [6.07, 6.45) is -5.76. The fourth-order valence-corrected chi connectivity index (χ4v) is 2.93. The third-order valence-corrected chi connectivity index (χ3v) is 4.07. The first kappa shape index (κ1) is 23.1. The number of hydroxylamine groups is 2. The van der Waals surface area contributed by atoms with Crippen LogP contribution in [0.25, 0.3) is 10.4 Å². The molecule has 2 saturated heterocycles. The van der Waals surface area contributed by atoms with Crippen molar-refractivity contribution in [1.82, 2.24) is 5.06 Å². The van der Waals surface area contributed by atoms with E-state index in [1.54, 1.807) is 0 Å². The second-order valence-corrected chi connectivity index (χ2v) is 6.38. The van der Waals surface area contributed by atoms with E-state index >= 15 is 0 Å². The van der Waals surface area contributed by atoms with E-state index in [2.05, 4.69) is 10.0 Å². The molecule has 0 aliphatic carbocycles. The van der Waals surface area contributed by atoms with Gasteiger partial charge in [-0.05, 0) is 5.53 Å². The molecule has 2 aliphatic rings. The highest BCUT2D eigenvalue weighted by Crippen LogP contribution is 2.31. The van der Waals surface area contributed by atoms with Crippen LogP contribution in [0.3, 0.4) is 0 Å². The van der Waals surface area contributed by atoms with Gasteiger partial charge < -0.3 is 18.9 Å². The lowest BCUT2D eigenvalue weighted by Crippen LogP contribution is -2.62. The van der Waals surface area contributed by atoms with Gasteiger partial charge in [-0.1, -0.05) is 5.11 Å². The van der Waals surface area contributed by atoms with Crippen molar-refractivity contribution >= 4 is 29.7 Å². The van der Waals surface area contributed by atoms with Gasteiger partial charge in [0.05, 0.1) is 0 Å². The van der Waals surface area contributed by atoms with Gasteiger partial charge in [0.25, 0.3) is 11.8 Å². The van der Waals surface area contributed by atoms with Crippen molar-refractivity contribution in [1.29, 1.82) is 0 Å². The van der Waals surface area contributed by atoms with Crippen LogP contribution in [0.5, 0.6) is 0 Å². The van der Waals surface area contributed by atoms with E-state index < -0.39 is 67.0 Å². The van der Waals surface area contributed by atoms with Crippen molar-refractivity contribution in [2.45, 2.75) is 64.3 Å². The topological polar surface area (TPSA) is 184 Å². The third-order valence-electron chi connectivity index (χ3n) is 4.07. The van der Waals surface area contributed by atoms with Gasteiger partial charge in [0.1, 0.15) is 18.8 Å². The zero-order valence-corrected chi connectivity index (χ0v) is 16.4. The van der Waals surface area contributed by atoms with Crippen molar-refractivity contribution < 1.29 is 47.8 Å². The van der Waals surface area contributed by atoms with Crippen LogP contribution in [0.2, 0.25) is 0 Å². The first-order valence-corrected chi connectivity index (χ1v) is 8.84. The Morgan fingerprint density at radius 2 is 1.63 bits per heavy atom. The Kier molecular flexibility index (Phi) is 7.69. The van der Waals surface area contributed by atoms with E-state index in [-0.39, 0.29) is 12.8 Å². The minimum absolute atomic E-state index is 0.0853. The zero-order valence-electron chi connectivity index (χ0n) is 16.4. The van der Waals surface area contributed by atoms with Gasteiger partial charge >= 0.3 is 17.9 Å². The Hall–Kier alpha value is -3.22. The highest BCUT2D eigenvalue weighted by molar-refractivity contribution is 6.00. The molecule has 0 radical (unpaired) electrons. The van der Waals surface area contributed by atoms with Crippen LogP contribution < -0.4 is 0 Å². The molecule has 30 heavy (non-hydrogen) atoms. The number of rotatable bonds is 7. The monoisotopic (exact) mass is 428 g/mol. The Balaban J connectivity index is 2.41. The summed E-state index contributed by atoms with van der Waals surface area (Å²) in [5.41, 5.74) is 8.95. The quantitative estimate of drug-likeness (QED) is 0.132. The Morgan fingerprint density at radius 3 is 2.13 bits per heavy atom. The molecule has 2 fully saturated rings. The standard InChI is InChI=1S/C16H20N4O10/c1-7(21)26-6-10-14(27-8(2)22)15(28-9(3)23)13(18-19-17)16(29-10)30-20-11(24)4-5-12(20)25/h10,13-16H,4-6H2,1-3H3/t10?,13?,14-,15+,16+/m0/s1. The van der Waals surface area contributed by atoms with E-state index in [1.807, 2.05) is 0 Å². The van der Waals surface area contributed by atoms with Crippen LogP contribution in [0.4, 0.5) is 0 Å². The summed E-state index contributed by atoms with van der Waals surface area (Å²) >= 11 is 0. The Labute approximate surface area is 169 Å². The van der Waals surface area contributed by atoms with E-state index in [0.29, 0.717) is 5.06 Å². The largest absolute Gasteiger partial charge is 0.463 e. The van der Waals surface area contributed by atoms with Gasteiger partial charge in [0.15, 0.2) is 18.5 Å². The van der Waals surface area contributed by atoms with Crippen LogP contribution in [-0.4, -0.2) is 72.0 Å². The minimum atomic E-state index is -1.59. The average molecular weight is 428 g/mol. The van der Waals surface area contributed by atoms with Gasteiger partial charge in [0.2, 0.25) is 0 Å². The SMILES string of the molecule is CC(=O)OCC1O[C@H](ON2C(=O)CCC2=O)C(N=[N+]=[N-])[C@@H](OC(C)=O)[C@H]1OC(C)=O. The van der Waals surface area contributed by atoms with Crippen molar-refractivity contribution in [3.8, 4) is 0 Å². The first-order valence-electron chi connectivity index (χ1n) is 8.84. The van der Waals surface area contributed by atoms with Crippen LogP contribution in [-0.2, 0) is 47.8 Å². The third kappa shape index (κ3) is 5.65. The van der Waals surface area contributed by atoms with E-state index in [4.69, 9.17) is 29.3 Å². The van der Waals surface area contributed by atoms with Crippen LogP contribution in [0.15, 0.2) is 5.11 Å². The van der Waals surface area contributed by atoms with Crippen LogP contribution in [0, 0.1) is 0 Å². The number of nitrogens with zero attached hydrogens (tertiary/aromatic N) is 4. The van der Waals surface area contributed by atoms with Crippen molar-refractivity contribution in [3.63, 3.8) is 0 Å². The van der Waals surface area contributed by atoms with Crippen molar-refractivity contribution in [3.05, 3.63) is 10.4 Å². The molecule has 0 saturated carbocycles. The number of carbonyl (C=O) groups excluding carboxylic acids is 5. The smallest absolute Gasteiger partial charge is 0.303 e. The maximum absolute atomic E-state index is 11.9. The number of esters is 3. The van der Waals surface area contributed by atoms with Crippen molar-refractivity contribution in [2.24, 2.45) is 5.11 Å². The predicted octanol–water partition coefficient (Wildman–Crippen LogP) is -0.103. The first-order chi connectivity index (χ1) is 14.1. The van der Waals surface area contributed by atoms with Gasteiger partial charge in [-0.2, -0.15) is 5.06 Å². The highest BCUT2D eigenvalue weighted by Gasteiger charge is 2.52. The number of hydrogen-bond donors (Lipinski definition) is 0. The second kappa shape index (κ2) is 10.0. The van der Waals surface area contributed by atoms with Gasteiger partial charge in [0, 0.05) is 38.5 Å². The molecule has 2 heterocycles. The number of azide groups is 1. The molecule has 2 unspecified atom stereocenters. The zero-order chi connectivity index (χ0) is 22.4. The summed E-state index contributed by atoms with van der Waals surface area (Å²) < 4.78 is 20.9. The molecule has 2 amide bonds. The maximum atomic E-state index is 11.9. The molecule has 14 nitrogen and oxygen atoms in total. The van der Waals surface area contributed by atoms with Gasteiger partial charge in [-0.3, -0.25) is 24.0 Å². The summed E-state index contributed by atoms with van der Waals surface area (Å²) in [5.74, 6) is -3.56. The molecular weight excluding hydrogens is 408 g/mol. The Bertz CT molecular complexity index is 764. The van der Waals surface area contributed by atoms with Gasteiger partial charge in [-0.25, -0.2) is 4.84 Å². The van der Waals surface area contributed by atoms with E-state index in [0.717, 1.165) is 20.8 Å². The average Bonchev–Trinajstić information content (AvgIpc) is 2.96. The molecular formula is C16H20N4O10. The Morgan fingerprint density at radius 1 is 1.07 bits per heavy atom. The fourth-order valence-electron chi connectivity index (χ4n) is 2.93.